The highest BCUT2D eigenvalue weighted by atomic mass is 16.3. The summed E-state index contributed by atoms with van der Waals surface area (Å²) in [6.07, 6.45) is 1.71. The van der Waals surface area contributed by atoms with Gasteiger partial charge in [-0.3, -0.25) is 0 Å². The Kier molecular flexibility index (Phi) is 2.58. The SMILES string of the molecule is CNC(c1ccco1)C(C)(C)C. The summed E-state index contributed by atoms with van der Waals surface area (Å²) in [6.45, 7) is 6.57. The first-order valence-electron chi connectivity index (χ1n) is 4.26. The van der Waals surface area contributed by atoms with E-state index < -0.39 is 0 Å². The van der Waals surface area contributed by atoms with Crippen LogP contribution < -0.4 is 5.32 Å². The lowest BCUT2D eigenvalue weighted by Crippen LogP contribution is -2.29. The van der Waals surface area contributed by atoms with Gasteiger partial charge in [0.05, 0.1) is 12.3 Å². The van der Waals surface area contributed by atoms with Gasteiger partial charge in [-0.25, -0.2) is 0 Å². The maximum absolute atomic E-state index is 5.35. The van der Waals surface area contributed by atoms with Crippen molar-refractivity contribution in [2.45, 2.75) is 26.8 Å². The molecule has 2 nitrogen and oxygen atoms in total. The number of nitrogens with one attached hydrogen (secondary N) is 1. The summed E-state index contributed by atoms with van der Waals surface area (Å²) < 4.78 is 5.35. The first-order chi connectivity index (χ1) is 5.55. The maximum atomic E-state index is 5.35. The molecule has 0 aliphatic carbocycles. The van der Waals surface area contributed by atoms with Crippen molar-refractivity contribution in [2.24, 2.45) is 5.41 Å². The van der Waals surface area contributed by atoms with Gasteiger partial charge in [-0.05, 0) is 24.6 Å². The quantitative estimate of drug-likeness (QED) is 0.732. The van der Waals surface area contributed by atoms with E-state index in [2.05, 4.69) is 26.1 Å². The number of hydrogen-bond acceptors (Lipinski definition) is 2. The fraction of sp³-hybridized carbons (Fsp3) is 0.600. The van der Waals surface area contributed by atoms with Crippen LogP contribution in [0.3, 0.4) is 0 Å². The van der Waals surface area contributed by atoms with Crippen molar-refractivity contribution >= 4 is 0 Å². The van der Waals surface area contributed by atoms with Crippen molar-refractivity contribution in [3.05, 3.63) is 24.2 Å². The lowest BCUT2D eigenvalue weighted by Gasteiger charge is -2.28. The zero-order valence-corrected chi connectivity index (χ0v) is 8.22. The molecule has 1 N–H and O–H groups in total. The molecule has 0 aliphatic heterocycles. The molecule has 2 heteroatoms. The number of furan rings is 1. The summed E-state index contributed by atoms with van der Waals surface area (Å²) in [7, 11) is 1.96. The van der Waals surface area contributed by atoms with Gasteiger partial charge in [0.1, 0.15) is 5.76 Å². The first kappa shape index (κ1) is 9.33. The Balaban J connectivity index is 2.84. The summed E-state index contributed by atoms with van der Waals surface area (Å²) in [4.78, 5) is 0. The fourth-order valence-electron chi connectivity index (χ4n) is 1.46. The van der Waals surface area contributed by atoms with E-state index in [1.807, 2.05) is 19.2 Å². The van der Waals surface area contributed by atoms with E-state index in [0.717, 1.165) is 5.76 Å². The fourth-order valence-corrected chi connectivity index (χ4v) is 1.46. The number of rotatable bonds is 2. The molecule has 1 unspecified atom stereocenters. The van der Waals surface area contributed by atoms with E-state index in [9.17, 15) is 0 Å². The highest BCUT2D eigenvalue weighted by Crippen LogP contribution is 2.32. The lowest BCUT2D eigenvalue weighted by molar-refractivity contribution is 0.249. The molecule has 1 rings (SSSR count). The largest absolute Gasteiger partial charge is 0.468 e. The van der Waals surface area contributed by atoms with Crippen molar-refractivity contribution in [1.29, 1.82) is 0 Å². The van der Waals surface area contributed by atoms with Crippen LogP contribution in [0.15, 0.2) is 22.8 Å². The standard InChI is InChI=1S/C10H17NO/c1-10(2,3)9(11-4)8-6-5-7-12-8/h5-7,9,11H,1-4H3. The molecule has 1 aromatic heterocycles. The predicted molar refractivity (Wildman–Crippen MR) is 50.0 cm³/mol. The van der Waals surface area contributed by atoms with Crippen molar-refractivity contribution in [3.63, 3.8) is 0 Å². The van der Waals surface area contributed by atoms with Gasteiger partial charge in [0.15, 0.2) is 0 Å². The first-order valence-corrected chi connectivity index (χ1v) is 4.26. The minimum atomic E-state index is 0.187. The Hall–Kier alpha value is -0.760. The third kappa shape index (κ3) is 1.89. The molecule has 0 radical (unpaired) electrons. The Morgan fingerprint density at radius 3 is 2.42 bits per heavy atom. The molecular weight excluding hydrogens is 150 g/mol. The molecule has 0 aromatic carbocycles. The summed E-state index contributed by atoms with van der Waals surface area (Å²) >= 11 is 0. The Bertz CT molecular complexity index is 220. The minimum Gasteiger partial charge on any atom is -0.468 e. The molecule has 1 aromatic rings. The predicted octanol–water partition coefficient (Wildman–Crippen LogP) is 2.59. The van der Waals surface area contributed by atoms with Crippen LogP contribution in [0.25, 0.3) is 0 Å². The second-order valence-electron chi connectivity index (χ2n) is 4.10. The molecule has 0 fully saturated rings. The molecule has 0 saturated carbocycles. The van der Waals surface area contributed by atoms with Crippen LogP contribution in [0.1, 0.15) is 32.6 Å². The molecule has 0 amide bonds. The third-order valence-corrected chi connectivity index (χ3v) is 1.98. The molecule has 68 valence electrons. The summed E-state index contributed by atoms with van der Waals surface area (Å²) in [5.74, 6) is 1.00. The van der Waals surface area contributed by atoms with E-state index in [4.69, 9.17) is 4.42 Å². The highest BCUT2D eigenvalue weighted by molar-refractivity contribution is 5.07. The maximum Gasteiger partial charge on any atom is 0.121 e. The van der Waals surface area contributed by atoms with Crippen molar-refractivity contribution in [1.82, 2.24) is 5.32 Å². The lowest BCUT2D eigenvalue weighted by atomic mass is 9.85. The average molecular weight is 167 g/mol. The topological polar surface area (TPSA) is 25.2 Å². The van der Waals surface area contributed by atoms with E-state index in [1.165, 1.54) is 0 Å². The normalized spacial score (nSPS) is 14.7. The van der Waals surface area contributed by atoms with Gasteiger partial charge in [0.2, 0.25) is 0 Å². The average Bonchev–Trinajstić information content (AvgIpc) is 2.38. The third-order valence-electron chi connectivity index (χ3n) is 1.98. The van der Waals surface area contributed by atoms with E-state index in [1.54, 1.807) is 6.26 Å². The Morgan fingerprint density at radius 1 is 1.42 bits per heavy atom. The Labute approximate surface area is 74.0 Å². The molecule has 0 saturated heterocycles. The van der Waals surface area contributed by atoms with Crippen LogP contribution in [0.5, 0.6) is 0 Å². The van der Waals surface area contributed by atoms with Gasteiger partial charge in [0, 0.05) is 0 Å². The van der Waals surface area contributed by atoms with Crippen LogP contribution >= 0.6 is 0 Å². The van der Waals surface area contributed by atoms with Crippen LogP contribution in [-0.4, -0.2) is 7.05 Å². The van der Waals surface area contributed by atoms with Gasteiger partial charge >= 0.3 is 0 Å². The molecule has 0 aliphatic rings. The van der Waals surface area contributed by atoms with Gasteiger partial charge < -0.3 is 9.73 Å². The van der Waals surface area contributed by atoms with E-state index >= 15 is 0 Å². The molecule has 12 heavy (non-hydrogen) atoms. The van der Waals surface area contributed by atoms with Crippen LogP contribution in [0.2, 0.25) is 0 Å². The number of hydrogen-bond donors (Lipinski definition) is 1. The van der Waals surface area contributed by atoms with E-state index in [0.29, 0.717) is 0 Å². The zero-order valence-electron chi connectivity index (χ0n) is 8.22. The van der Waals surface area contributed by atoms with Crippen LogP contribution in [-0.2, 0) is 0 Å². The van der Waals surface area contributed by atoms with Crippen LogP contribution in [0, 0.1) is 5.41 Å². The summed E-state index contributed by atoms with van der Waals surface area (Å²) in [5, 5.41) is 3.25. The molecule has 0 spiro atoms. The molecular formula is C10H17NO. The molecule has 1 heterocycles. The Morgan fingerprint density at radius 2 is 2.08 bits per heavy atom. The molecule has 1 atom stereocenters. The monoisotopic (exact) mass is 167 g/mol. The second kappa shape index (κ2) is 3.31. The van der Waals surface area contributed by atoms with Gasteiger partial charge in [0.25, 0.3) is 0 Å². The van der Waals surface area contributed by atoms with Gasteiger partial charge in [-0.2, -0.15) is 0 Å². The van der Waals surface area contributed by atoms with Crippen LogP contribution in [0.4, 0.5) is 0 Å². The van der Waals surface area contributed by atoms with Gasteiger partial charge in [-0.15, -0.1) is 0 Å². The minimum absolute atomic E-state index is 0.187. The van der Waals surface area contributed by atoms with Crippen molar-refractivity contribution in [3.8, 4) is 0 Å². The smallest absolute Gasteiger partial charge is 0.121 e. The van der Waals surface area contributed by atoms with Gasteiger partial charge in [-0.1, -0.05) is 20.8 Å². The second-order valence-corrected chi connectivity index (χ2v) is 4.10. The summed E-state index contributed by atoms with van der Waals surface area (Å²) in [6, 6.07) is 4.21. The van der Waals surface area contributed by atoms with E-state index in [-0.39, 0.29) is 11.5 Å². The zero-order chi connectivity index (χ0) is 9.19. The highest BCUT2D eigenvalue weighted by Gasteiger charge is 2.26. The summed E-state index contributed by atoms with van der Waals surface area (Å²) in [5.41, 5.74) is 0.187. The van der Waals surface area contributed by atoms with Crippen molar-refractivity contribution < 1.29 is 4.42 Å². The molecule has 0 bridgehead atoms. The van der Waals surface area contributed by atoms with Crippen molar-refractivity contribution in [2.75, 3.05) is 7.05 Å².